The molecule has 0 aromatic rings. The quantitative estimate of drug-likeness (QED) is 0.720. The largest absolute Gasteiger partial charge is 0.382 e. The van der Waals surface area contributed by atoms with Crippen LogP contribution >= 0.6 is 0 Å². The normalized spacial score (nSPS) is 18.2. The lowest BCUT2D eigenvalue weighted by molar-refractivity contribution is 0.0632. The van der Waals surface area contributed by atoms with Crippen LogP contribution in [-0.4, -0.2) is 25.3 Å². The van der Waals surface area contributed by atoms with Gasteiger partial charge in [-0.05, 0) is 46.0 Å². The van der Waals surface area contributed by atoms with Crippen LogP contribution in [0, 0.1) is 5.41 Å². The summed E-state index contributed by atoms with van der Waals surface area (Å²) in [4.78, 5) is 0. The van der Waals surface area contributed by atoms with Crippen LogP contribution in [0.25, 0.3) is 0 Å². The van der Waals surface area contributed by atoms with Gasteiger partial charge in [0.2, 0.25) is 0 Å². The van der Waals surface area contributed by atoms with Gasteiger partial charge < -0.3 is 10.1 Å². The molecule has 0 rings (SSSR count). The van der Waals surface area contributed by atoms with Gasteiger partial charge in [-0.15, -0.1) is 0 Å². The number of nitrogens with one attached hydrogen (secondary N) is 1. The highest BCUT2D eigenvalue weighted by Gasteiger charge is 2.27. The van der Waals surface area contributed by atoms with E-state index in [0.29, 0.717) is 11.5 Å². The van der Waals surface area contributed by atoms with E-state index >= 15 is 0 Å². The Morgan fingerprint density at radius 2 is 1.75 bits per heavy atom. The summed E-state index contributed by atoms with van der Waals surface area (Å²) in [6, 6.07) is 0. The molecule has 0 saturated heterocycles. The third-order valence-electron chi connectivity index (χ3n) is 3.08. The molecule has 0 aliphatic carbocycles. The summed E-state index contributed by atoms with van der Waals surface area (Å²) in [5, 5.41) is 3.62. The molecule has 0 aliphatic rings. The minimum atomic E-state index is 0.200. The molecule has 16 heavy (non-hydrogen) atoms. The van der Waals surface area contributed by atoms with E-state index in [0.717, 1.165) is 13.0 Å². The number of rotatable bonds is 7. The molecular weight excluding hydrogens is 198 g/mol. The molecule has 2 unspecified atom stereocenters. The van der Waals surface area contributed by atoms with Gasteiger partial charge in [0.1, 0.15) is 0 Å². The molecule has 0 radical (unpaired) electrons. The third kappa shape index (κ3) is 7.24. The number of ether oxygens (including phenoxy) is 1. The summed E-state index contributed by atoms with van der Waals surface area (Å²) in [7, 11) is 1.80. The Balaban J connectivity index is 4.32. The van der Waals surface area contributed by atoms with Crippen molar-refractivity contribution in [2.75, 3.05) is 13.7 Å². The molecule has 0 spiro atoms. The van der Waals surface area contributed by atoms with Crippen LogP contribution in [0.4, 0.5) is 0 Å². The monoisotopic (exact) mass is 229 g/mol. The van der Waals surface area contributed by atoms with Crippen molar-refractivity contribution in [1.29, 1.82) is 0 Å². The van der Waals surface area contributed by atoms with E-state index in [1.807, 2.05) is 0 Å². The van der Waals surface area contributed by atoms with Crippen LogP contribution in [0.2, 0.25) is 0 Å². The van der Waals surface area contributed by atoms with Gasteiger partial charge >= 0.3 is 0 Å². The first kappa shape index (κ1) is 15.9. The molecule has 0 aliphatic heterocycles. The highest BCUT2D eigenvalue weighted by atomic mass is 16.5. The van der Waals surface area contributed by atoms with Gasteiger partial charge in [0.25, 0.3) is 0 Å². The molecule has 2 nitrogen and oxygen atoms in total. The Bertz CT molecular complexity index is 186. The van der Waals surface area contributed by atoms with Crippen molar-refractivity contribution in [2.24, 2.45) is 5.41 Å². The summed E-state index contributed by atoms with van der Waals surface area (Å²) in [5.74, 6) is 0. The molecule has 0 saturated carbocycles. The molecule has 1 N–H and O–H groups in total. The van der Waals surface area contributed by atoms with Crippen LogP contribution in [-0.2, 0) is 4.74 Å². The van der Waals surface area contributed by atoms with Crippen LogP contribution in [0.3, 0.4) is 0 Å². The zero-order chi connectivity index (χ0) is 12.8. The van der Waals surface area contributed by atoms with Gasteiger partial charge in [-0.1, -0.05) is 20.3 Å². The van der Waals surface area contributed by atoms with E-state index in [-0.39, 0.29) is 5.54 Å². The molecule has 2 heteroatoms. The summed E-state index contributed by atoms with van der Waals surface area (Å²) in [6.45, 7) is 14.5. The topological polar surface area (TPSA) is 21.3 Å². The van der Waals surface area contributed by atoms with Crippen molar-refractivity contribution < 1.29 is 4.74 Å². The highest BCUT2D eigenvalue weighted by molar-refractivity contribution is 4.82. The molecule has 0 aromatic carbocycles. The fourth-order valence-electron chi connectivity index (χ4n) is 2.12. The van der Waals surface area contributed by atoms with Gasteiger partial charge in [-0.25, -0.2) is 0 Å². The summed E-state index contributed by atoms with van der Waals surface area (Å²) < 4.78 is 5.40. The number of methoxy groups -OCH3 is 1. The second kappa shape index (κ2) is 6.61. The molecule has 0 aromatic heterocycles. The molecular formula is C14H31NO. The Morgan fingerprint density at radius 1 is 1.19 bits per heavy atom. The van der Waals surface area contributed by atoms with Crippen molar-refractivity contribution in [3.05, 3.63) is 0 Å². The molecule has 0 amide bonds. The van der Waals surface area contributed by atoms with Crippen molar-refractivity contribution in [2.45, 2.75) is 72.4 Å². The Hall–Kier alpha value is -0.0800. The first-order chi connectivity index (χ1) is 7.22. The molecule has 0 heterocycles. The van der Waals surface area contributed by atoms with Crippen molar-refractivity contribution in [3.8, 4) is 0 Å². The van der Waals surface area contributed by atoms with Crippen LogP contribution < -0.4 is 5.32 Å². The highest BCUT2D eigenvalue weighted by Crippen LogP contribution is 2.29. The average molecular weight is 229 g/mol. The minimum Gasteiger partial charge on any atom is -0.382 e. The van der Waals surface area contributed by atoms with Crippen LogP contribution in [0.5, 0.6) is 0 Å². The maximum absolute atomic E-state index is 5.40. The number of hydrogen-bond donors (Lipinski definition) is 1. The first-order valence-corrected chi connectivity index (χ1v) is 6.50. The van der Waals surface area contributed by atoms with E-state index < -0.39 is 0 Å². The predicted molar refractivity (Wildman–Crippen MR) is 71.9 cm³/mol. The van der Waals surface area contributed by atoms with Gasteiger partial charge in [0.15, 0.2) is 0 Å². The lowest BCUT2D eigenvalue weighted by Gasteiger charge is -2.35. The lowest BCUT2D eigenvalue weighted by atomic mass is 9.80. The average Bonchev–Trinajstić information content (AvgIpc) is 2.14. The summed E-state index contributed by atoms with van der Waals surface area (Å²) >= 11 is 0. The zero-order valence-electron chi connectivity index (χ0n) is 12.3. The first-order valence-electron chi connectivity index (χ1n) is 6.50. The summed E-state index contributed by atoms with van der Waals surface area (Å²) in [6.07, 6.45) is 3.96. The van der Waals surface area contributed by atoms with Gasteiger partial charge in [-0.3, -0.25) is 0 Å². The minimum absolute atomic E-state index is 0.200. The Labute approximate surface area is 102 Å². The van der Waals surface area contributed by atoms with Crippen molar-refractivity contribution >= 4 is 0 Å². The second-order valence-electron chi connectivity index (χ2n) is 6.41. The third-order valence-corrected chi connectivity index (χ3v) is 3.08. The standard InChI is InChI=1S/C14H31NO/c1-8-9-14(6,10-12(2)16-7)11-15-13(3,4)5/h12,15H,8-11H2,1-7H3. The van der Waals surface area contributed by atoms with E-state index in [1.54, 1.807) is 7.11 Å². The molecule has 98 valence electrons. The smallest absolute Gasteiger partial charge is 0.0548 e. The van der Waals surface area contributed by atoms with E-state index in [1.165, 1.54) is 12.8 Å². The van der Waals surface area contributed by atoms with Crippen LogP contribution in [0.15, 0.2) is 0 Å². The van der Waals surface area contributed by atoms with Crippen LogP contribution in [0.1, 0.15) is 60.8 Å². The maximum atomic E-state index is 5.40. The number of hydrogen-bond acceptors (Lipinski definition) is 2. The fourth-order valence-corrected chi connectivity index (χ4v) is 2.12. The maximum Gasteiger partial charge on any atom is 0.0548 e. The van der Waals surface area contributed by atoms with Gasteiger partial charge in [0.05, 0.1) is 6.10 Å². The predicted octanol–water partition coefficient (Wildman–Crippen LogP) is 3.61. The van der Waals surface area contributed by atoms with E-state index in [9.17, 15) is 0 Å². The lowest BCUT2D eigenvalue weighted by Crippen LogP contribution is -2.44. The Morgan fingerprint density at radius 3 is 2.12 bits per heavy atom. The van der Waals surface area contributed by atoms with Crippen molar-refractivity contribution in [1.82, 2.24) is 5.32 Å². The van der Waals surface area contributed by atoms with Gasteiger partial charge in [-0.2, -0.15) is 0 Å². The zero-order valence-corrected chi connectivity index (χ0v) is 12.3. The fraction of sp³-hybridized carbons (Fsp3) is 1.00. The molecule has 0 bridgehead atoms. The van der Waals surface area contributed by atoms with E-state index in [4.69, 9.17) is 4.74 Å². The Kier molecular flexibility index (Phi) is 6.57. The van der Waals surface area contributed by atoms with Crippen molar-refractivity contribution in [3.63, 3.8) is 0 Å². The second-order valence-corrected chi connectivity index (χ2v) is 6.41. The SMILES string of the molecule is CCCC(C)(CNC(C)(C)C)CC(C)OC. The molecule has 2 atom stereocenters. The van der Waals surface area contributed by atoms with E-state index in [2.05, 4.69) is 46.9 Å². The summed E-state index contributed by atoms with van der Waals surface area (Å²) in [5.41, 5.74) is 0.544. The van der Waals surface area contributed by atoms with Gasteiger partial charge in [0, 0.05) is 19.2 Å². The molecule has 0 fully saturated rings.